The van der Waals surface area contributed by atoms with E-state index < -0.39 is 17.7 Å². The number of carbonyl (C=O) groups excluding carboxylic acids is 1. The third-order valence-corrected chi connectivity index (χ3v) is 7.24. The van der Waals surface area contributed by atoms with Crippen LogP contribution in [0.4, 0.5) is 25.1 Å². The molecule has 4 unspecified atom stereocenters. The Bertz CT molecular complexity index is 1200. The third-order valence-electron chi connectivity index (χ3n) is 7.24. The predicted molar refractivity (Wildman–Crippen MR) is 123 cm³/mol. The van der Waals surface area contributed by atoms with E-state index in [2.05, 4.69) is 15.3 Å². The van der Waals surface area contributed by atoms with Gasteiger partial charge in [0.25, 0.3) is 5.88 Å². The lowest BCUT2D eigenvalue weighted by atomic mass is 9.77. The van der Waals surface area contributed by atoms with Crippen LogP contribution in [0.1, 0.15) is 39.2 Å². The van der Waals surface area contributed by atoms with Crippen molar-refractivity contribution in [1.82, 2.24) is 14.9 Å². The minimum atomic E-state index is -0.871. The summed E-state index contributed by atoms with van der Waals surface area (Å²) in [6, 6.07) is 5.63. The van der Waals surface area contributed by atoms with Gasteiger partial charge in [-0.25, -0.2) is 14.2 Å². The number of halogens is 2. The zero-order chi connectivity index (χ0) is 25.6. The number of benzene rings is 1. The minimum Gasteiger partial charge on any atom is -0.471 e. The van der Waals surface area contributed by atoms with Crippen LogP contribution in [-0.2, 0) is 9.47 Å². The average Bonchev–Trinajstić information content (AvgIpc) is 3.57. The molecule has 0 spiro atoms. The summed E-state index contributed by atoms with van der Waals surface area (Å²) in [5, 5.41) is 11.5. The van der Waals surface area contributed by atoms with E-state index >= 15 is 4.39 Å². The molecular weight excluding hydrogens is 472 g/mol. The fraction of sp³-hybridized carbons (Fsp3) is 0.520. The van der Waals surface area contributed by atoms with Crippen molar-refractivity contribution in [2.45, 2.75) is 57.5 Å². The summed E-state index contributed by atoms with van der Waals surface area (Å²) in [4.78, 5) is 22.3. The number of ether oxygens (including phenoxy) is 3. The Balaban J connectivity index is 1.35. The maximum Gasteiger partial charge on any atom is 0.410 e. The second-order valence-corrected chi connectivity index (χ2v) is 9.95. The number of likely N-dealkylation sites (tertiary alicyclic amines) is 1. The van der Waals surface area contributed by atoms with Gasteiger partial charge in [0.15, 0.2) is 5.82 Å². The van der Waals surface area contributed by atoms with Crippen LogP contribution in [0.25, 0.3) is 0 Å². The first-order valence-electron chi connectivity index (χ1n) is 11.9. The highest BCUT2D eigenvalue weighted by Gasteiger charge is 2.51. The van der Waals surface area contributed by atoms with Gasteiger partial charge in [-0.05, 0) is 51.8 Å². The number of carbonyl (C=O) groups is 1. The van der Waals surface area contributed by atoms with Crippen molar-refractivity contribution < 1.29 is 27.8 Å². The molecule has 2 aromatic rings. The molecule has 2 bridgehead atoms. The highest BCUT2D eigenvalue weighted by molar-refractivity contribution is 5.69. The summed E-state index contributed by atoms with van der Waals surface area (Å²) >= 11 is 0. The molecule has 36 heavy (non-hydrogen) atoms. The first-order valence-corrected chi connectivity index (χ1v) is 11.9. The second kappa shape index (κ2) is 9.17. The number of amides is 1. The first-order chi connectivity index (χ1) is 17.2. The van der Waals surface area contributed by atoms with Crippen molar-refractivity contribution >= 4 is 17.6 Å². The van der Waals surface area contributed by atoms with Crippen LogP contribution >= 0.6 is 0 Å². The summed E-state index contributed by atoms with van der Waals surface area (Å²) in [7, 11) is 0. The van der Waals surface area contributed by atoms with Gasteiger partial charge in [0.05, 0.1) is 29.5 Å². The number of piperidine rings is 1. The molecule has 1 aliphatic carbocycles. The van der Waals surface area contributed by atoms with E-state index in [-0.39, 0.29) is 58.7 Å². The van der Waals surface area contributed by atoms with Crippen molar-refractivity contribution in [3.8, 4) is 11.9 Å². The van der Waals surface area contributed by atoms with E-state index in [4.69, 9.17) is 19.5 Å². The number of nitriles is 1. The normalized spacial score (nSPS) is 28.1. The van der Waals surface area contributed by atoms with E-state index in [0.717, 1.165) is 25.2 Å². The number of hydrogen-bond acceptors (Lipinski definition) is 8. The smallest absolute Gasteiger partial charge is 0.410 e. The lowest BCUT2D eigenvalue weighted by Crippen LogP contribution is -2.63. The number of anilines is 2. The van der Waals surface area contributed by atoms with E-state index in [0.29, 0.717) is 13.1 Å². The zero-order valence-electron chi connectivity index (χ0n) is 20.2. The van der Waals surface area contributed by atoms with Gasteiger partial charge in [-0.1, -0.05) is 0 Å². The number of hydrogen-bond donors (Lipinski definition) is 1. The minimum absolute atomic E-state index is 0.0405. The first kappa shape index (κ1) is 24.2. The Labute approximate surface area is 207 Å². The largest absolute Gasteiger partial charge is 0.471 e. The third kappa shape index (κ3) is 4.65. The number of nitrogens with one attached hydrogen (secondary N) is 1. The summed E-state index contributed by atoms with van der Waals surface area (Å²) in [5.41, 5.74) is -0.278. The molecule has 0 radical (unpaired) electrons. The van der Waals surface area contributed by atoms with E-state index in [1.165, 1.54) is 12.1 Å². The molecular formula is C25H27F2N5O4. The number of fused-ring (bicyclic) bond motifs is 2. The average molecular weight is 500 g/mol. The van der Waals surface area contributed by atoms with Crippen LogP contribution in [0.3, 0.4) is 0 Å². The van der Waals surface area contributed by atoms with Crippen LogP contribution in [0, 0.1) is 34.8 Å². The number of aromatic nitrogens is 2. The summed E-state index contributed by atoms with van der Waals surface area (Å²) in [6.07, 6.45) is 1.53. The fourth-order valence-corrected chi connectivity index (χ4v) is 4.82. The maximum absolute atomic E-state index is 15.4. The Morgan fingerprint density at radius 2 is 1.92 bits per heavy atom. The lowest BCUT2D eigenvalue weighted by Gasteiger charge is -2.51. The Morgan fingerprint density at radius 1 is 1.22 bits per heavy atom. The Kier molecular flexibility index (Phi) is 6.16. The molecule has 1 amide bonds. The molecule has 1 N–H and O–H groups in total. The van der Waals surface area contributed by atoms with Gasteiger partial charge in [-0.2, -0.15) is 14.6 Å². The van der Waals surface area contributed by atoms with Gasteiger partial charge in [0.1, 0.15) is 23.8 Å². The van der Waals surface area contributed by atoms with Crippen LogP contribution < -0.4 is 10.1 Å². The van der Waals surface area contributed by atoms with Crippen molar-refractivity contribution in [2.75, 3.05) is 18.4 Å². The van der Waals surface area contributed by atoms with Gasteiger partial charge in [0, 0.05) is 24.9 Å². The molecule has 1 aromatic heterocycles. The maximum atomic E-state index is 15.4. The number of rotatable bonds is 5. The van der Waals surface area contributed by atoms with Crippen molar-refractivity contribution in [2.24, 2.45) is 11.8 Å². The summed E-state index contributed by atoms with van der Waals surface area (Å²) in [6.45, 7) is 6.42. The highest BCUT2D eigenvalue weighted by Crippen LogP contribution is 2.42. The fourth-order valence-electron chi connectivity index (χ4n) is 4.82. The Morgan fingerprint density at radius 3 is 2.53 bits per heavy atom. The van der Waals surface area contributed by atoms with Gasteiger partial charge < -0.3 is 24.4 Å². The molecule has 190 valence electrons. The number of nitrogens with zero attached hydrogens (tertiary/aromatic N) is 4. The predicted octanol–water partition coefficient (Wildman–Crippen LogP) is 4.16. The molecule has 11 heteroatoms. The topological polar surface area (TPSA) is 110 Å². The van der Waals surface area contributed by atoms with Crippen LogP contribution in [-0.4, -0.2) is 58.0 Å². The molecule has 1 aromatic carbocycles. The highest BCUT2D eigenvalue weighted by atomic mass is 19.1. The standard InChI is InChI=1S/C25H27F2N5O4/c1-13-16-10-32(24(33)36-25(3)6-7-25)11-17(14(2)34-13)21(16)35-23-20(27)22(29-12-30-23)31-19-5-4-15(9-28)8-18(19)26/h4-5,8,12-14,16-17,21H,6-7,10-11H2,1-3H3,(H,29,30,31). The van der Waals surface area contributed by atoms with Crippen LogP contribution in [0.5, 0.6) is 5.88 Å². The van der Waals surface area contributed by atoms with Gasteiger partial charge in [0.2, 0.25) is 5.82 Å². The van der Waals surface area contributed by atoms with Gasteiger partial charge in [-0.3, -0.25) is 0 Å². The second-order valence-electron chi connectivity index (χ2n) is 9.95. The van der Waals surface area contributed by atoms with Crippen molar-refractivity contribution in [1.29, 1.82) is 5.26 Å². The van der Waals surface area contributed by atoms with E-state index in [1.54, 1.807) is 4.90 Å². The molecule has 9 nitrogen and oxygen atoms in total. The quantitative estimate of drug-likeness (QED) is 0.653. The molecule has 2 aliphatic heterocycles. The molecule has 3 heterocycles. The molecule has 1 saturated carbocycles. The van der Waals surface area contributed by atoms with Gasteiger partial charge in [-0.15, -0.1) is 0 Å². The van der Waals surface area contributed by atoms with Crippen LogP contribution in [0.2, 0.25) is 0 Å². The molecule has 4 atom stereocenters. The van der Waals surface area contributed by atoms with Gasteiger partial charge >= 0.3 is 6.09 Å². The Hall–Kier alpha value is -3.52. The molecule has 5 rings (SSSR count). The summed E-state index contributed by atoms with van der Waals surface area (Å²) in [5.74, 6) is -2.59. The zero-order valence-corrected chi connectivity index (χ0v) is 20.2. The molecule has 3 fully saturated rings. The van der Waals surface area contributed by atoms with E-state index in [1.807, 2.05) is 26.8 Å². The van der Waals surface area contributed by atoms with E-state index in [9.17, 15) is 9.18 Å². The van der Waals surface area contributed by atoms with Crippen LogP contribution in [0.15, 0.2) is 24.5 Å². The monoisotopic (exact) mass is 499 g/mol. The lowest BCUT2D eigenvalue weighted by molar-refractivity contribution is -0.181. The summed E-state index contributed by atoms with van der Waals surface area (Å²) < 4.78 is 47.5. The molecule has 3 aliphatic rings. The van der Waals surface area contributed by atoms with Crippen molar-refractivity contribution in [3.05, 3.63) is 41.7 Å². The molecule has 2 saturated heterocycles. The van der Waals surface area contributed by atoms with Crippen molar-refractivity contribution in [3.63, 3.8) is 0 Å². The SMILES string of the molecule is CC1OC(C)C2CN(C(=O)OC3(C)CC3)CC1C2Oc1ncnc(Nc2ccc(C#N)cc2F)c1F.